The molecule has 0 radical (unpaired) electrons. The number of hydrogen-bond donors (Lipinski definition) is 0. The summed E-state index contributed by atoms with van der Waals surface area (Å²) < 4.78 is 18.9. The number of rotatable bonds is 2. The van der Waals surface area contributed by atoms with Gasteiger partial charge in [-0.25, -0.2) is 0 Å². The fourth-order valence-electron chi connectivity index (χ4n) is 0. The minimum atomic E-state index is -2.37. The first-order valence-electron chi connectivity index (χ1n) is 2.94. The van der Waals surface area contributed by atoms with Crippen LogP contribution < -0.4 is 9.79 Å². The molecule has 0 N–H and O–H groups in total. The van der Waals surface area contributed by atoms with Crippen molar-refractivity contribution >= 4 is 39.1 Å². The molecule has 0 fully saturated rings. The molecule has 4 nitrogen and oxygen atoms in total. The van der Waals surface area contributed by atoms with Crippen molar-refractivity contribution < 1.29 is 18.9 Å². The Morgan fingerprint density at radius 2 is 1.09 bits per heavy atom. The van der Waals surface area contributed by atoms with Gasteiger partial charge in [-0.05, 0) is 12.3 Å². The molecule has 0 aromatic heterocycles. The summed E-state index contributed by atoms with van der Waals surface area (Å²) in [6, 6.07) is 0. The van der Waals surface area contributed by atoms with Crippen molar-refractivity contribution in [2.24, 2.45) is 0 Å². The third-order valence-corrected chi connectivity index (χ3v) is 1.73. The van der Waals surface area contributed by atoms with Crippen LogP contribution in [-0.2, 0) is 9.13 Å². The molecule has 2 atom stereocenters. The zero-order valence-electron chi connectivity index (χ0n) is 6.75. The van der Waals surface area contributed by atoms with Crippen LogP contribution in [0.4, 0.5) is 0 Å². The minimum absolute atomic E-state index is 0. The topological polar surface area (TPSA) is 80.3 Å². The molecule has 0 aliphatic carbocycles. The van der Waals surface area contributed by atoms with Gasteiger partial charge in [-0.15, -0.1) is 0 Å². The molecule has 0 aliphatic rings. The maximum atomic E-state index is 9.44. The molecule has 7 heteroatoms. The quantitative estimate of drug-likeness (QED) is 0.446. The van der Waals surface area contributed by atoms with Crippen molar-refractivity contribution in [3.8, 4) is 0 Å². The molecule has 0 amide bonds. The van der Waals surface area contributed by atoms with Gasteiger partial charge in [0.1, 0.15) is 0 Å². The Bertz CT molecular complexity index is 105. The van der Waals surface area contributed by atoms with Crippen molar-refractivity contribution in [2.45, 2.75) is 13.8 Å². The molecule has 11 heavy (non-hydrogen) atoms. The predicted molar refractivity (Wildman–Crippen MR) is 44.8 cm³/mol. The monoisotopic (exact) mass is 210 g/mol. The van der Waals surface area contributed by atoms with E-state index in [2.05, 4.69) is 0 Å². The van der Waals surface area contributed by atoms with Gasteiger partial charge in [0, 0.05) is 16.1 Å². The largest absolute Gasteiger partial charge is 2.00 e. The van der Waals surface area contributed by atoms with E-state index in [-0.39, 0.29) is 23.1 Å². The SMILES string of the molecule is CC[PH](=O)[O-].CC[PH](=O)[O-].[Mg+2]. The first-order chi connectivity index (χ1) is 4.54. The van der Waals surface area contributed by atoms with Gasteiger partial charge in [-0.3, -0.25) is 0 Å². The Morgan fingerprint density at radius 1 is 1.00 bits per heavy atom. The van der Waals surface area contributed by atoms with Gasteiger partial charge in [-0.1, -0.05) is 13.8 Å². The smallest absolute Gasteiger partial charge is 0.802 e. The Kier molecular flexibility index (Phi) is 22.5. The first-order valence-corrected chi connectivity index (χ1v) is 5.99. The summed E-state index contributed by atoms with van der Waals surface area (Å²) in [5, 5.41) is 0. The first kappa shape index (κ1) is 18.0. The van der Waals surface area contributed by atoms with Crippen LogP contribution in [0.15, 0.2) is 0 Å². The summed E-state index contributed by atoms with van der Waals surface area (Å²) in [6.07, 6.45) is 0.593. The maximum Gasteiger partial charge on any atom is 2.00 e. The Morgan fingerprint density at radius 3 is 1.09 bits per heavy atom. The van der Waals surface area contributed by atoms with Crippen LogP contribution in [0.5, 0.6) is 0 Å². The van der Waals surface area contributed by atoms with E-state index in [1.807, 2.05) is 0 Å². The van der Waals surface area contributed by atoms with Gasteiger partial charge < -0.3 is 18.9 Å². The van der Waals surface area contributed by atoms with Gasteiger partial charge in [-0.2, -0.15) is 0 Å². The summed E-state index contributed by atoms with van der Waals surface area (Å²) in [6.45, 7) is 3.24. The van der Waals surface area contributed by atoms with Crippen LogP contribution in [0.3, 0.4) is 0 Å². The van der Waals surface area contributed by atoms with E-state index >= 15 is 0 Å². The fraction of sp³-hybridized carbons (Fsp3) is 1.00. The Balaban J connectivity index is -0.000000107. The zero-order chi connectivity index (χ0) is 8.57. The van der Waals surface area contributed by atoms with Crippen LogP contribution in [0.25, 0.3) is 0 Å². The van der Waals surface area contributed by atoms with Gasteiger partial charge in [0.25, 0.3) is 0 Å². The van der Waals surface area contributed by atoms with E-state index in [1.54, 1.807) is 13.8 Å². The molecule has 2 unspecified atom stereocenters. The molecule has 0 rings (SSSR count). The van der Waals surface area contributed by atoms with E-state index in [4.69, 9.17) is 0 Å². The third kappa shape index (κ3) is 35.2. The van der Waals surface area contributed by atoms with E-state index < -0.39 is 16.1 Å². The second-order valence-corrected chi connectivity index (χ2v) is 4.35. The Labute approximate surface area is 84.3 Å². The summed E-state index contributed by atoms with van der Waals surface area (Å²) in [5.41, 5.74) is 0. The van der Waals surface area contributed by atoms with Crippen LogP contribution in [0.1, 0.15) is 13.8 Å². The molecule has 0 aromatic carbocycles. The Hall–Kier alpha value is 1.15. The summed E-state index contributed by atoms with van der Waals surface area (Å²) in [5.74, 6) is 0. The second kappa shape index (κ2) is 13.7. The molecule has 64 valence electrons. The molecule has 0 saturated heterocycles. The van der Waals surface area contributed by atoms with Crippen molar-refractivity contribution in [3.05, 3.63) is 0 Å². The summed E-state index contributed by atoms with van der Waals surface area (Å²) >= 11 is 0. The van der Waals surface area contributed by atoms with Crippen LogP contribution in [0, 0.1) is 0 Å². The molecule has 0 aromatic rings. The zero-order valence-corrected chi connectivity index (χ0v) is 10.2. The molecule has 0 bridgehead atoms. The number of hydrogen-bond acceptors (Lipinski definition) is 4. The third-order valence-electron chi connectivity index (χ3n) is 0.577. The van der Waals surface area contributed by atoms with E-state index in [9.17, 15) is 18.9 Å². The van der Waals surface area contributed by atoms with E-state index in [1.165, 1.54) is 0 Å². The van der Waals surface area contributed by atoms with Crippen molar-refractivity contribution in [1.29, 1.82) is 0 Å². The van der Waals surface area contributed by atoms with E-state index in [0.717, 1.165) is 0 Å². The minimum Gasteiger partial charge on any atom is -0.802 e. The normalized spacial score (nSPS) is 13.5. The predicted octanol–water partition coefficient (Wildman–Crippen LogP) is -0.698. The summed E-state index contributed by atoms with van der Waals surface area (Å²) in [7, 11) is -4.75. The van der Waals surface area contributed by atoms with Crippen molar-refractivity contribution in [3.63, 3.8) is 0 Å². The van der Waals surface area contributed by atoms with Gasteiger partial charge in [0.15, 0.2) is 0 Å². The van der Waals surface area contributed by atoms with Gasteiger partial charge in [0.2, 0.25) is 0 Å². The van der Waals surface area contributed by atoms with Crippen LogP contribution in [-0.4, -0.2) is 35.4 Å². The van der Waals surface area contributed by atoms with Crippen LogP contribution in [0.2, 0.25) is 0 Å². The van der Waals surface area contributed by atoms with Crippen LogP contribution >= 0.6 is 16.1 Å². The standard InChI is InChI=1S/2C2H7O2P.Mg/c2*1-2-5(3)4;/h2*5H,2H2,1H3,(H,3,4);/q;;+2/p-2. The fourth-order valence-corrected chi connectivity index (χ4v) is 0. The summed E-state index contributed by atoms with van der Waals surface area (Å²) in [4.78, 5) is 18.9. The van der Waals surface area contributed by atoms with Gasteiger partial charge >= 0.3 is 23.1 Å². The average Bonchev–Trinajstić information content (AvgIpc) is 1.89. The second-order valence-electron chi connectivity index (χ2n) is 1.45. The molecule has 0 heterocycles. The molecular weight excluding hydrogens is 198 g/mol. The van der Waals surface area contributed by atoms with E-state index in [0.29, 0.717) is 12.3 Å². The van der Waals surface area contributed by atoms with Crippen molar-refractivity contribution in [2.75, 3.05) is 12.3 Å². The average molecular weight is 210 g/mol. The molecule has 0 saturated carbocycles. The van der Waals surface area contributed by atoms with Crippen molar-refractivity contribution in [1.82, 2.24) is 0 Å². The maximum absolute atomic E-state index is 9.44. The molecule has 0 spiro atoms. The van der Waals surface area contributed by atoms with Gasteiger partial charge in [0.05, 0.1) is 0 Å². The molecule has 0 aliphatic heterocycles. The molecular formula is C4H12MgO4P2.